The van der Waals surface area contributed by atoms with Crippen molar-refractivity contribution in [3.05, 3.63) is 65.5 Å². The van der Waals surface area contributed by atoms with Gasteiger partial charge in [0.25, 0.3) is 5.91 Å². The first-order valence-electron chi connectivity index (χ1n) is 8.77. The molecule has 27 heavy (non-hydrogen) atoms. The van der Waals surface area contributed by atoms with Gasteiger partial charge in [0.1, 0.15) is 11.4 Å². The van der Waals surface area contributed by atoms with Gasteiger partial charge in [0, 0.05) is 17.7 Å². The zero-order valence-electron chi connectivity index (χ0n) is 16.3. The molecular formula is C21H24N4O2. The van der Waals surface area contributed by atoms with E-state index in [9.17, 15) is 4.79 Å². The fourth-order valence-corrected chi connectivity index (χ4v) is 2.70. The molecule has 6 nitrogen and oxygen atoms in total. The van der Waals surface area contributed by atoms with Crippen LogP contribution in [0.2, 0.25) is 0 Å². The zero-order chi connectivity index (χ0) is 19.6. The molecule has 6 heteroatoms. The molecule has 0 aliphatic rings. The lowest BCUT2D eigenvalue weighted by Crippen LogP contribution is -2.16. The van der Waals surface area contributed by atoms with Gasteiger partial charge in [-0.15, -0.1) is 0 Å². The second kappa shape index (κ2) is 7.23. The summed E-state index contributed by atoms with van der Waals surface area (Å²) < 4.78 is 6.96. The number of carbonyl (C=O) groups is 1. The van der Waals surface area contributed by atoms with Crippen LogP contribution in [-0.4, -0.2) is 27.8 Å². The summed E-state index contributed by atoms with van der Waals surface area (Å²) >= 11 is 0. The molecular weight excluding hydrogens is 340 g/mol. The number of carbonyl (C=O) groups excluding carboxylic acids is 1. The lowest BCUT2D eigenvalue weighted by Gasteiger charge is -2.14. The minimum absolute atomic E-state index is 0.152. The molecule has 3 rings (SSSR count). The predicted octanol–water partition coefficient (Wildman–Crippen LogP) is 4.13. The highest BCUT2D eigenvalue weighted by Crippen LogP contribution is 2.27. The molecule has 2 aromatic heterocycles. The number of hydrogen-bond acceptors (Lipinski definition) is 4. The first kappa shape index (κ1) is 18.6. The van der Waals surface area contributed by atoms with Gasteiger partial charge < -0.3 is 10.1 Å². The molecule has 140 valence electrons. The number of nitrogens with zero attached hydrogens (tertiary/aromatic N) is 3. The summed E-state index contributed by atoms with van der Waals surface area (Å²) in [6.45, 7) is 8.29. The Morgan fingerprint density at radius 1 is 1.15 bits per heavy atom. The van der Waals surface area contributed by atoms with Crippen LogP contribution < -0.4 is 10.1 Å². The number of nitrogens with one attached hydrogen (secondary N) is 1. The van der Waals surface area contributed by atoms with Crippen molar-refractivity contribution in [1.29, 1.82) is 0 Å². The molecule has 0 unspecified atom stereocenters. The van der Waals surface area contributed by atoms with E-state index in [1.807, 2.05) is 37.3 Å². The number of benzene rings is 1. The molecule has 0 bridgehead atoms. The summed E-state index contributed by atoms with van der Waals surface area (Å²) in [6, 6.07) is 13.3. The molecule has 1 aromatic carbocycles. The average Bonchev–Trinajstić information content (AvgIpc) is 3.06. The quantitative estimate of drug-likeness (QED) is 0.756. The summed E-state index contributed by atoms with van der Waals surface area (Å²) in [5, 5.41) is 7.69. The number of ether oxygens (including phenoxy) is 1. The largest absolute Gasteiger partial charge is 0.480 e. The van der Waals surface area contributed by atoms with Gasteiger partial charge in [-0.25, -0.2) is 9.67 Å². The molecule has 0 aliphatic heterocycles. The van der Waals surface area contributed by atoms with E-state index in [1.165, 1.54) is 7.11 Å². The fraction of sp³-hybridized carbons (Fsp3) is 0.286. The van der Waals surface area contributed by atoms with Gasteiger partial charge in [0.2, 0.25) is 5.88 Å². The summed E-state index contributed by atoms with van der Waals surface area (Å²) in [7, 11) is 1.49. The van der Waals surface area contributed by atoms with Crippen LogP contribution in [0.25, 0.3) is 5.69 Å². The summed E-state index contributed by atoms with van der Waals surface area (Å²) in [4.78, 5) is 16.9. The molecule has 0 radical (unpaired) electrons. The number of methoxy groups -OCH3 is 1. The Morgan fingerprint density at radius 3 is 2.59 bits per heavy atom. The van der Waals surface area contributed by atoms with E-state index in [0.29, 0.717) is 11.4 Å². The van der Waals surface area contributed by atoms with E-state index in [-0.39, 0.29) is 17.2 Å². The molecule has 0 saturated heterocycles. The van der Waals surface area contributed by atoms with Crippen LogP contribution in [0.4, 0.5) is 5.82 Å². The van der Waals surface area contributed by atoms with Gasteiger partial charge in [0.15, 0.2) is 0 Å². The maximum atomic E-state index is 12.8. The van der Waals surface area contributed by atoms with Crippen LogP contribution in [-0.2, 0) is 5.41 Å². The molecule has 0 aliphatic carbocycles. The topological polar surface area (TPSA) is 69.0 Å². The van der Waals surface area contributed by atoms with E-state index >= 15 is 0 Å². The highest BCUT2D eigenvalue weighted by Gasteiger charge is 2.22. The summed E-state index contributed by atoms with van der Waals surface area (Å²) in [6.07, 6.45) is 1.59. The van der Waals surface area contributed by atoms with Crippen molar-refractivity contribution in [2.24, 2.45) is 0 Å². The maximum Gasteiger partial charge on any atom is 0.262 e. The Hall–Kier alpha value is -3.15. The van der Waals surface area contributed by atoms with E-state index in [2.05, 4.69) is 31.1 Å². The van der Waals surface area contributed by atoms with Crippen molar-refractivity contribution in [2.45, 2.75) is 33.1 Å². The summed E-state index contributed by atoms with van der Waals surface area (Å²) in [5.41, 5.74) is 3.11. The molecule has 2 heterocycles. The van der Waals surface area contributed by atoms with Crippen molar-refractivity contribution in [1.82, 2.24) is 14.8 Å². The third kappa shape index (κ3) is 4.00. The Balaban J connectivity index is 2.03. The Kier molecular flexibility index (Phi) is 4.99. The van der Waals surface area contributed by atoms with E-state index in [0.717, 1.165) is 16.9 Å². The van der Waals surface area contributed by atoms with Crippen LogP contribution in [0.5, 0.6) is 5.88 Å². The van der Waals surface area contributed by atoms with Crippen molar-refractivity contribution < 1.29 is 9.53 Å². The number of aryl methyl sites for hydroxylation is 1. The van der Waals surface area contributed by atoms with Crippen LogP contribution in [0.3, 0.4) is 0 Å². The number of rotatable bonds is 4. The van der Waals surface area contributed by atoms with Crippen LogP contribution >= 0.6 is 0 Å². The number of aromatic nitrogens is 3. The number of anilines is 1. The second-order valence-electron chi connectivity index (χ2n) is 7.43. The van der Waals surface area contributed by atoms with Gasteiger partial charge in [-0.1, -0.05) is 32.9 Å². The minimum atomic E-state index is -0.297. The third-order valence-electron chi connectivity index (χ3n) is 4.17. The van der Waals surface area contributed by atoms with Crippen LogP contribution in [0.1, 0.15) is 42.4 Å². The monoisotopic (exact) mass is 364 g/mol. The number of pyridine rings is 1. The number of amides is 1. The van der Waals surface area contributed by atoms with Crippen molar-refractivity contribution in [2.75, 3.05) is 12.4 Å². The normalized spacial score (nSPS) is 11.3. The highest BCUT2D eigenvalue weighted by atomic mass is 16.5. The van der Waals surface area contributed by atoms with Gasteiger partial charge in [-0.2, -0.15) is 5.10 Å². The van der Waals surface area contributed by atoms with Crippen molar-refractivity contribution in [3.63, 3.8) is 0 Å². The molecule has 0 fully saturated rings. The minimum Gasteiger partial charge on any atom is -0.480 e. The summed E-state index contributed by atoms with van der Waals surface area (Å²) in [5.74, 6) is 0.586. The zero-order valence-corrected chi connectivity index (χ0v) is 16.3. The van der Waals surface area contributed by atoms with E-state index in [4.69, 9.17) is 9.84 Å². The maximum absolute atomic E-state index is 12.8. The predicted molar refractivity (Wildman–Crippen MR) is 106 cm³/mol. The molecule has 3 aromatic rings. The van der Waals surface area contributed by atoms with Crippen molar-refractivity contribution >= 4 is 11.7 Å². The van der Waals surface area contributed by atoms with Gasteiger partial charge in [0.05, 0.1) is 18.5 Å². The first-order valence-corrected chi connectivity index (χ1v) is 8.77. The Labute approximate surface area is 159 Å². The molecule has 0 atom stereocenters. The van der Waals surface area contributed by atoms with Crippen molar-refractivity contribution in [3.8, 4) is 11.6 Å². The third-order valence-corrected chi connectivity index (χ3v) is 4.17. The second-order valence-corrected chi connectivity index (χ2v) is 7.43. The lowest BCUT2D eigenvalue weighted by molar-refractivity contribution is 0.102. The average molecular weight is 364 g/mol. The van der Waals surface area contributed by atoms with Gasteiger partial charge in [-0.05, 0) is 36.8 Å². The molecule has 0 spiro atoms. The molecule has 0 saturated carbocycles. The molecule has 1 amide bonds. The SMILES string of the molecule is COc1ncccc1C(=O)Nc1cc(C(C)(C)C)nn1-c1cccc(C)c1. The molecule has 1 N–H and O–H groups in total. The fourth-order valence-electron chi connectivity index (χ4n) is 2.70. The van der Waals surface area contributed by atoms with E-state index < -0.39 is 0 Å². The Morgan fingerprint density at radius 2 is 1.93 bits per heavy atom. The highest BCUT2D eigenvalue weighted by molar-refractivity contribution is 6.05. The van der Waals surface area contributed by atoms with Crippen LogP contribution in [0.15, 0.2) is 48.7 Å². The first-order chi connectivity index (χ1) is 12.8. The van der Waals surface area contributed by atoms with E-state index in [1.54, 1.807) is 23.0 Å². The lowest BCUT2D eigenvalue weighted by atomic mass is 9.92. The van der Waals surface area contributed by atoms with Crippen LogP contribution in [0, 0.1) is 6.92 Å². The van der Waals surface area contributed by atoms with Gasteiger partial charge >= 0.3 is 0 Å². The number of hydrogen-bond donors (Lipinski definition) is 1. The Bertz CT molecular complexity index is 970. The standard InChI is InChI=1S/C21H24N4O2/c1-14-8-6-9-15(12-14)25-18(13-17(24-25)21(2,3)4)23-19(26)16-10-7-11-22-20(16)27-5/h6-13H,1-5H3,(H,23,26). The smallest absolute Gasteiger partial charge is 0.262 e. The van der Waals surface area contributed by atoms with Gasteiger partial charge in [-0.3, -0.25) is 4.79 Å².